The summed E-state index contributed by atoms with van der Waals surface area (Å²) < 4.78 is 15.6. The average molecular weight is 482 g/mol. The van der Waals surface area contributed by atoms with E-state index in [0.29, 0.717) is 12.3 Å². The Balaban J connectivity index is 1.58. The highest BCUT2D eigenvalue weighted by Gasteiger charge is 2.47. The fraction of sp³-hybridized carbons (Fsp3) is 0.440. The van der Waals surface area contributed by atoms with Crippen molar-refractivity contribution in [3.8, 4) is 6.07 Å². The minimum Gasteiger partial charge on any atom is -0.593 e. The van der Waals surface area contributed by atoms with Crippen LogP contribution in [0.2, 0.25) is 0 Å². The van der Waals surface area contributed by atoms with Gasteiger partial charge in [-0.05, 0) is 67.0 Å². The molecule has 2 saturated carbocycles. The zero-order chi connectivity index (χ0) is 24.1. The molecule has 2 aliphatic carbocycles. The van der Waals surface area contributed by atoms with E-state index in [1.807, 2.05) is 36.5 Å². The first-order valence-corrected chi connectivity index (χ1v) is 12.9. The minimum absolute atomic E-state index is 0.100. The van der Waals surface area contributed by atoms with E-state index >= 15 is 0 Å². The van der Waals surface area contributed by atoms with Crippen LogP contribution >= 0.6 is 0 Å². The molecule has 2 aliphatic rings. The Hall–Kier alpha value is -2.93. The van der Waals surface area contributed by atoms with Gasteiger partial charge in [-0.15, -0.1) is 0 Å². The summed E-state index contributed by atoms with van der Waals surface area (Å²) in [5.74, 6) is 1.32. The quantitative estimate of drug-likeness (QED) is 0.269. The summed E-state index contributed by atoms with van der Waals surface area (Å²) in [6.07, 6.45) is 8.18. The Morgan fingerprint density at radius 3 is 2.79 bits per heavy atom. The first kappa shape index (κ1) is 24.2. The van der Waals surface area contributed by atoms with Gasteiger partial charge in [0.15, 0.2) is 0 Å². The molecule has 0 radical (unpaired) electrons. The second-order valence-electron chi connectivity index (χ2n) is 8.92. The molecule has 0 spiro atoms. The number of nitrogens with zero attached hydrogens (tertiary/aromatic N) is 1. The summed E-state index contributed by atoms with van der Waals surface area (Å²) in [5.41, 5.74) is 7.20. The number of nitrogens with one attached hydrogen (secondary N) is 4. The Morgan fingerprint density at radius 2 is 2.15 bits per heavy atom. The number of aryl methyl sites for hydroxylation is 1. The number of benzene rings is 1. The molecule has 2 aromatic rings. The van der Waals surface area contributed by atoms with E-state index in [-0.39, 0.29) is 11.8 Å². The van der Waals surface area contributed by atoms with Gasteiger partial charge in [-0.1, -0.05) is 19.1 Å². The molecule has 4 N–H and O–H groups in total. The van der Waals surface area contributed by atoms with Gasteiger partial charge in [0, 0.05) is 24.2 Å². The number of nitriles is 1. The van der Waals surface area contributed by atoms with Crippen molar-refractivity contribution in [3.05, 3.63) is 53.2 Å². The number of hydrogen-bond acceptors (Lipinski definition) is 6. The predicted octanol–water partition coefficient (Wildman–Crippen LogP) is 3.89. The molecular formula is C25H31N5O3S. The fourth-order valence-corrected chi connectivity index (χ4v) is 5.28. The summed E-state index contributed by atoms with van der Waals surface area (Å²) in [5, 5.41) is 12.3. The van der Waals surface area contributed by atoms with Gasteiger partial charge in [0.05, 0.1) is 30.2 Å². The normalized spacial score (nSPS) is 17.5. The van der Waals surface area contributed by atoms with Crippen LogP contribution in [0.25, 0.3) is 5.57 Å². The van der Waals surface area contributed by atoms with E-state index in [9.17, 15) is 14.6 Å². The number of hydrogen-bond donors (Lipinski definition) is 4. The van der Waals surface area contributed by atoms with Crippen LogP contribution in [0.4, 0.5) is 11.5 Å². The second-order valence-corrected chi connectivity index (χ2v) is 10.1. The summed E-state index contributed by atoms with van der Waals surface area (Å²) in [6.45, 7) is 2.50. The van der Waals surface area contributed by atoms with Gasteiger partial charge >= 0.3 is 0 Å². The molecule has 1 atom stereocenters. The zero-order valence-corrected chi connectivity index (χ0v) is 20.4. The summed E-state index contributed by atoms with van der Waals surface area (Å²) >= 11 is -1.32. The Morgan fingerprint density at radius 1 is 1.35 bits per heavy atom. The van der Waals surface area contributed by atoms with Gasteiger partial charge in [-0.25, -0.2) is 4.72 Å². The lowest BCUT2D eigenvalue weighted by Gasteiger charge is -2.18. The number of aromatic nitrogens is 1. The van der Waals surface area contributed by atoms with Crippen LogP contribution in [-0.4, -0.2) is 34.9 Å². The molecule has 4 rings (SSSR count). The van der Waals surface area contributed by atoms with Crippen LogP contribution in [0.1, 0.15) is 49.3 Å². The van der Waals surface area contributed by atoms with Crippen LogP contribution in [0, 0.1) is 22.7 Å². The van der Waals surface area contributed by atoms with E-state index in [2.05, 4.69) is 33.5 Å². The SMILES string of the molecule is CCc1cc(N[S+]([O-])CC2(C#N)CC2)ccc1/C(=C/CNC(=O)C1CC1)c1cc[nH]c1NOC. The average Bonchev–Trinajstić information content (AvgIpc) is 3.76. The molecule has 1 aromatic heterocycles. The summed E-state index contributed by atoms with van der Waals surface area (Å²) in [7, 11) is 1.56. The molecule has 1 heterocycles. The number of carbonyl (C=O) groups is 1. The van der Waals surface area contributed by atoms with Gasteiger partial charge in [0.2, 0.25) is 5.91 Å². The van der Waals surface area contributed by atoms with Crippen LogP contribution in [-0.2, 0) is 27.4 Å². The lowest BCUT2D eigenvalue weighted by Crippen LogP contribution is -2.25. The van der Waals surface area contributed by atoms with Crippen molar-refractivity contribution in [2.75, 3.05) is 29.6 Å². The van der Waals surface area contributed by atoms with Crippen molar-refractivity contribution >= 4 is 34.3 Å². The molecular weight excluding hydrogens is 450 g/mol. The van der Waals surface area contributed by atoms with Gasteiger partial charge in [0.25, 0.3) is 0 Å². The maximum atomic E-state index is 12.6. The molecule has 1 amide bonds. The lowest BCUT2D eigenvalue weighted by atomic mass is 9.93. The van der Waals surface area contributed by atoms with Crippen molar-refractivity contribution in [2.45, 2.75) is 39.0 Å². The highest BCUT2D eigenvalue weighted by molar-refractivity contribution is 7.92. The maximum Gasteiger partial charge on any atom is 0.223 e. The monoisotopic (exact) mass is 481 g/mol. The van der Waals surface area contributed by atoms with Crippen molar-refractivity contribution in [1.29, 1.82) is 5.26 Å². The first-order valence-electron chi connectivity index (χ1n) is 11.6. The third-order valence-corrected chi connectivity index (χ3v) is 7.56. The topological polar surface area (TPSA) is 125 Å². The minimum atomic E-state index is -1.32. The van der Waals surface area contributed by atoms with Gasteiger partial charge in [0.1, 0.15) is 17.0 Å². The zero-order valence-electron chi connectivity index (χ0n) is 19.6. The molecule has 2 fully saturated rings. The molecule has 8 nitrogen and oxygen atoms in total. The van der Waals surface area contributed by atoms with E-state index in [1.54, 1.807) is 7.11 Å². The number of amides is 1. The predicted molar refractivity (Wildman–Crippen MR) is 134 cm³/mol. The van der Waals surface area contributed by atoms with Crippen molar-refractivity contribution < 1.29 is 14.2 Å². The number of rotatable bonds is 12. The number of H-pyrrole nitrogens is 1. The number of carbonyl (C=O) groups excluding carboxylic acids is 1. The third kappa shape index (κ3) is 5.76. The third-order valence-electron chi connectivity index (χ3n) is 6.28. The van der Waals surface area contributed by atoms with E-state index in [1.165, 1.54) is 0 Å². The molecule has 0 saturated heterocycles. The van der Waals surface area contributed by atoms with Gasteiger partial charge in [-0.2, -0.15) is 5.26 Å². The van der Waals surface area contributed by atoms with Crippen LogP contribution < -0.4 is 15.5 Å². The van der Waals surface area contributed by atoms with Crippen LogP contribution in [0.5, 0.6) is 0 Å². The lowest BCUT2D eigenvalue weighted by molar-refractivity contribution is -0.122. The molecule has 1 unspecified atom stereocenters. The number of aromatic amines is 1. The first-order chi connectivity index (χ1) is 16.5. The van der Waals surface area contributed by atoms with Gasteiger partial charge < -0.3 is 14.9 Å². The van der Waals surface area contributed by atoms with Crippen LogP contribution in [0.3, 0.4) is 0 Å². The summed E-state index contributed by atoms with van der Waals surface area (Å²) in [6, 6.07) is 10.2. The van der Waals surface area contributed by atoms with Crippen LogP contribution in [0.15, 0.2) is 36.5 Å². The Bertz CT molecular complexity index is 1100. The Kier molecular flexibility index (Phi) is 7.51. The van der Waals surface area contributed by atoms with Crippen molar-refractivity contribution in [3.63, 3.8) is 0 Å². The smallest absolute Gasteiger partial charge is 0.223 e. The second kappa shape index (κ2) is 10.6. The number of anilines is 2. The van der Waals surface area contributed by atoms with Gasteiger partial charge in [-0.3, -0.25) is 15.1 Å². The molecule has 0 bridgehead atoms. The molecule has 1 aromatic carbocycles. The Labute approximate surface area is 203 Å². The largest absolute Gasteiger partial charge is 0.593 e. The highest BCUT2D eigenvalue weighted by Crippen LogP contribution is 2.46. The molecule has 34 heavy (non-hydrogen) atoms. The molecule has 9 heteroatoms. The van der Waals surface area contributed by atoms with E-state index in [0.717, 1.165) is 65.9 Å². The standard InChI is InChI=1S/C25H31N5O3S/c1-3-17-14-19(30-34(32)16-25(15-26)10-11-25)6-7-20(17)21(8-13-28-24(31)18-4-5-18)22-9-12-27-23(22)29-33-2/h6-9,12,14,18,27,29-30H,3-5,10-11,13,16H2,1-2H3,(H,28,31)/b21-8-. The molecule has 0 aliphatic heterocycles. The highest BCUT2D eigenvalue weighted by atomic mass is 32.2. The van der Waals surface area contributed by atoms with Crippen molar-refractivity contribution in [1.82, 2.24) is 10.3 Å². The summed E-state index contributed by atoms with van der Waals surface area (Å²) in [4.78, 5) is 20.4. The maximum absolute atomic E-state index is 12.6. The van der Waals surface area contributed by atoms with Crippen molar-refractivity contribution in [2.24, 2.45) is 11.3 Å². The van der Waals surface area contributed by atoms with E-state index < -0.39 is 16.8 Å². The molecule has 180 valence electrons. The fourth-order valence-electron chi connectivity index (χ4n) is 3.96. The van der Waals surface area contributed by atoms with E-state index in [4.69, 9.17) is 4.84 Å².